The van der Waals surface area contributed by atoms with Crippen LogP contribution in [0, 0.1) is 13.8 Å². The van der Waals surface area contributed by atoms with Crippen LogP contribution in [0.3, 0.4) is 0 Å². The summed E-state index contributed by atoms with van der Waals surface area (Å²) in [6, 6.07) is 11.4. The van der Waals surface area contributed by atoms with Gasteiger partial charge in [0.1, 0.15) is 5.82 Å². The number of carbonyl (C=O) groups is 1. The van der Waals surface area contributed by atoms with Crippen molar-refractivity contribution in [1.82, 2.24) is 4.98 Å². The summed E-state index contributed by atoms with van der Waals surface area (Å²) in [6.45, 7) is 3.90. The van der Waals surface area contributed by atoms with Gasteiger partial charge < -0.3 is 11.1 Å². The van der Waals surface area contributed by atoms with Gasteiger partial charge in [-0.2, -0.15) is 0 Å². The van der Waals surface area contributed by atoms with Gasteiger partial charge in [-0.3, -0.25) is 4.79 Å². The van der Waals surface area contributed by atoms with E-state index >= 15 is 0 Å². The fourth-order valence-corrected chi connectivity index (χ4v) is 2.05. The van der Waals surface area contributed by atoms with Crippen molar-refractivity contribution in [3.05, 3.63) is 53.2 Å². The van der Waals surface area contributed by atoms with E-state index in [2.05, 4.69) is 10.3 Å². The summed E-state index contributed by atoms with van der Waals surface area (Å²) >= 11 is 0. The Morgan fingerprint density at radius 3 is 2.55 bits per heavy atom. The Kier molecular flexibility index (Phi) is 4.35. The molecule has 104 valence electrons. The molecule has 2 aromatic rings. The van der Waals surface area contributed by atoms with Crippen molar-refractivity contribution in [2.75, 3.05) is 11.1 Å². The number of aromatic nitrogens is 1. The van der Waals surface area contributed by atoms with Crippen LogP contribution in [0.25, 0.3) is 0 Å². The maximum atomic E-state index is 11.9. The Balaban J connectivity index is 1.90. The molecule has 0 saturated carbocycles. The van der Waals surface area contributed by atoms with Crippen LogP contribution in [0.5, 0.6) is 0 Å². The first-order valence-electron chi connectivity index (χ1n) is 6.62. The van der Waals surface area contributed by atoms with Crippen molar-refractivity contribution in [2.45, 2.75) is 26.7 Å². The number of pyridine rings is 1. The summed E-state index contributed by atoms with van der Waals surface area (Å²) < 4.78 is 0. The van der Waals surface area contributed by atoms with E-state index in [1.54, 1.807) is 0 Å². The summed E-state index contributed by atoms with van der Waals surface area (Å²) in [6.07, 6.45) is 1.12. The van der Waals surface area contributed by atoms with Crippen LogP contribution < -0.4 is 11.1 Å². The van der Waals surface area contributed by atoms with Gasteiger partial charge in [-0.25, -0.2) is 4.98 Å². The molecular formula is C16H19N3O. The van der Waals surface area contributed by atoms with Crippen LogP contribution in [0.2, 0.25) is 0 Å². The first-order chi connectivity index (χ1) is 9.52. The van der Waals surface area contributed by atoms with Crippen LogP contribution in [-0.2, 0) is 11.2 Å². The standard InChI is InChI=1S/C16H19N3O/c1-11-9-12(2)18-15(10-11)19-16(20)8-5-13-3-6-14(17)7-4-13/h3-4,6-7,9-10H,5,8,17H2,1-2H3,(H,18,19,20). The van der Waals surface area contributed by atoms with Crippen LogP contribution in [0.4, 0.5) is 11.5 Å². The summed E-state index contributed by atoms with van der Waals surface area (Å²) in [7, 11) is 0. The van der Waals surface area contributed by atoms with E-state index in [1.165, 1.54) is 0 Å². The topological polar surface area (TPSA) is 68.0 Å². The minimum absolute atomic E-state index is 0.0284. The van der Waals surface area contributed by atoms with E-state index in [0.29, 0.717) is 18.7 Å². The monoisotopic (exact) mass is 269 g/mol. The molecule has 0 atom stereocenters. The molecule has 0 spiro atoms. The summed E-state index contributed by atoms with van der Waals surface area (Å²) in [5.41, 5.74) is 9.45. The number of nitrogens with zero attached hydrogens (tertiary/aromatic N) is 1. The van der Waals surface area contributed by atoms with Crippen LogP contribution in [0.15, 0.2) is 36.4 Å². The second-order valence-electron chi connectivity index (χ2n) is 4.96. The Bertz CT molecular complexity index is 585. The van der Waals surface area contributed by atoms with E-state index in [0.717, 1.165) is 22.5 Å². The van der Waals surface area contributed by atoms with Gasteiger partial charge in [-0.1, -0.05) is 12.1 Å². The number of aryl methyl sites for hydroxylation is 3. The number of amides is 1. The molecule has 0 aliphatic rings. The van der Waals surface area contributed by atoms with Crippen molar-refractivity contribution in [3.8, 4) is 0 Å². The highest BCUT2D eigenvalue weighted by molar-refractivity contribution is 5.89. The zero-order valence-corrected chi connectivity index (χ0v) is 11.8. The van der Waals surface area contributed by atoms with Gasteiger partial charge in [0.15, 0.2) is 0 Å². The van der Waals surface area contributed by atoms with Gasteiger partial charge in [-0.15, -0.1) is 0 Å². The zero-order chi connectivity index (χ0) is 14.5. The molecule has 0 bridgehead atoms. The van der Waals surface area contributed by atoms with E-state index in [1.807, 2.05) is 50.2 Å². The maximum absolute atomic E-state index is 11.9. The third-order valence-electron chi connectivity index (χ3n) is 2.99. The first-order valence-corrected chi connectivity index (χ1v) is 6.62. The van der Waals surface area contributed by atoms with Crippen molar-refractivity contribution in [1.29, 1.82) is 0 Å². The largest absolute Gasteiger partial charge is 0.399 e. The number of hydrogen-bond donors (Lipinski definition) is 2. The second-order valence-corrected chi connectivity index (χ2v) is 4.96. The van der Waals surface area contributed by atoms with Gasteiger partial charge >= 0.3 is 0 Å². The van der Waals surface area contributed by atoms with Crippen molar-refractivity contribution >= 4 is 17.4 Å². The normalized spacial score (nSPS) is 10.3. The average Bonchev–Trinajstić information content (AvgIpc) is 2.37. The van der Waals surface area contributed by atoms with E-state index in [4.69, 9.17) is 5.73 Å². The molecule has 1 amide bonds. The summed E-state index contributed by atoms with van der Waals surface area (Å²) in [5.74, 6) is 0.587. The first kappa shape index (κ1) is 14.1. The Hall–Kier alpha value is -2.36. The molecule has 4 nitrogen and oxygen atoms in total. The van der Waals surface area contributed by atoms with Gasteiger partial charge in [0.2, 0.25) is 5.91 Å². The molecule has 20 heavy (non-hydrogen) atoms. The summed E-state index contributed by atoms with van der Waals surface area (Å²) in [5, 5.41) is 2.83. The molecule has 2 rings (SSSR count). The average molecular weight is 269 g/mol. The predicted molar refractivity (Wildman–Crippen MR) is 81.5 cm³/mol. The highest BCUT2D eigenvalue weighted by atomic mass is 16.1. The molecule has 0 fully saturated rings. The van der Waals surface area contributed by atoms with Gasteiger partial charge in [0, 0.05) is 17.8 Å². The van der Waals surface area contributed by atoms with Crippen LogP contribution >= 0.6 is 0 Å². The Labute approximate surface area is 119 Å². The molecule has 0 aliphatic heterocycles. The van der Waals surface area contributed by atoms with Crippen molar-refractivity contribution < 1.29 is 4.79 Å². The minimum Gasteiger partial charge on any atom is -0.399 e. The predicted octanol–water partition coefficient (Wildman–Crippen LogP) is 2.85. The van der Waals surface area contributed by atoms with Crippen LogP contribution in [-0.4, -0.2) is 10.9 Å². The fourth-order valence-electron chi connectivity index (χ4n) is 2.05. The molecular weight excluding hydrogens is 250 g/mol. The molecule has 1 aromatic carbocycles. The van der Waals surface area contributed by atoms with Gasteiger partial charge in [0.25, 0.3) is 0 Å². The molecule has 0 unspecified atom stereocenters. The molecule has 3 N–H and O–H groups in total. The number of hydrogen-bond acceptors (Lipinski definition) is 3. The van der Waals surface area contributed by atoms with Crippen LogP contribution in [0.1, 0.15) is 23.2 Å². The number of nitrogens with two attached hydrogens (primary N) is 1. The molecule has 1 aromatic heterocycles. The molecule has 0 saturated heterocycles. The third-order valence-corrected chi connectivity index (χ3v) is 2.99. The lowest BCUT2D eigenvalue weighted by atomic mass is 10.1. The van der Waals surface area contributed by atoms with Gasteiger partial charge in [0.05, 0.1) is 0 Å². The molecule has 4 heteroatoms. The number of anilines is 2. The van der Waals surface area contributed by atoms with Crippen molar-refractivity contribution in [2.24, 2.45) is 0 Å². The van der Waals surface area contributed by atoms with E-state index in [-0.39, 0.29) is 5.91 Å². The summed E-state index contributed by atoms with van der Waals surface area (Å²) in [4.78, 5) is 16.2. The lowest BCUT2D eigenvalue weighted by Gasteiger charge is -2.07. The SMILES string of the molecule is Cc1cc(C)nc(NC(=O)CCc2ccc(N)cc2)c1. The third kappa shape index (κ3) is 4.09. The van der Waals surface area contributed by atoms with Crippen molar-refractivity contribution in [3.63, 3.8) is 0 Å². The second kappa shape index (κ2) is 6.19. The minimum atomic E-state index is -0.0284. The Morgan fingerprint density at radius 1 is 1.20 bits per heavy atom. The highest BCUT2D eigenvalue weighted by Gasteiger charge is 2.05. The number of rotatable bonds is 4. The fraction of sp³-hybridized carbons (Fsp3) is 0.250. The molecule has 1 heterocycles. The quantitative estimate of drug-likeness (QED) is 0.839. The Morgan fingerprint density at radius 2 is 1.90 bits per heavy atom. The number of carbonyl (C=O) groups excluding carboxylic acids is 1. The maximum Gasteiger partial charge on any atom is 0.225 e. The molecule has 0 aliphatic carbocycles. The van der Waals surface area contributed by atoms with E-state index in [9.17, 15) is 4.79 Å². The highest BCUT2D eigenvalue weighted by Crippen LogP contribution is 2.11. The van der Waals surface area contributed by atoms with E-state index < -0.39 is 0 Å². The smallest absolute Gasteiger partial charge is 0.225 e. The lowest BCUT2D eigenvalue weighted by molar-refractivity contribution is -0.116. The molecule has 0 radical (unpaired) electrons. The zero-order valence-electron chi connectivity index (χ0n) is 11.8. The lowest BCUT2D eigenvalue weighted by Crippen LogP contribution is -2.13. The number of nitrogen functional groups attached to an aromatic ring is 1. The van der Waals surface area contributed by atoms with Gasteiger partial charge in [-0.05, 0) is 55.7 Å². The number of benzene rings is 1. The number of nitrogens with one attached hydrogen (secondary N) is 1.